The average Bonchev–Trinajstić information content (AvgIpc) is 2.28. The van der Waals surface area contributed by atoms with Gasteiger partial charge in [-0.05, 0) is 47.5 Å². The number of nitrogens with one attached hydrogen (secondary N) is 1. The maximum atomic E-state index is 12.2. The Hall–Kier alpha value is -0.610. The third-order valence-corrected chi connectivity index (χ3v) is 3.63. The molecule has 3 unspecified atom stereocenters. The van der Waals surface area contributed by atoms with Gasteiger partial charge in [0, 0.05) is 19.1 Å². The molecule has 0 aromatic carbocycles. The van der Waals surface area contributed by atoms with Crippen LogP contribution in [0.15, 0.2) is 0 Å². The molecule has 1 saturated heterocycles. The van der Waals surface area contributed by atoms with E-state index in [2.05, 4.69) is 19.2 Å². The van der Waals surface area contributed by atoms with Gasteiger partial charge in [0.1, 0.15) is 0 Å². The number of rotatable bonds is 5. The summed E-state index contributed by atoms with van der Waals surface area (Å²) < 4.78 is 5.71. The van der Waals surface area contributed by atoms with Crippen molar-refractivity contribution in [2.45, 2.75) is 71.8 Å². The van der Waals surface area contributed by atoms with E-state index in [1.807, 2.05) is 25.7 Å². The maximum Gasteiger partial charge on any atom is 0.239 e. The Labute approximate surface area is 111 Å². The minimum absolute atomic E-state index is 0.104. The molecule has 4 nitrogen and oxygen atoms in total. The number of nitrogens with zero attached hydrogens (tertiary/aromatic N) is 1. The molecule has 1 fully saturated rings. The quantitative estimate of drug-likeness (QED) is 0.815. The summed E-state index contributed by atoms with van der Waals surface area (Å²) in [6.07, 6.45) is 2.53. The molecular weight excluding hydrogens is 228 g/mol. The van der Waals surface area contributed by atoms with Crippen LogP contribution in [0.4, 0.5) is 0 Å². The number of carbonyl (C=O) groups excluding carboxylic acids is 1. The first-order chi connectivity index (χ1) is 8.47. The lowest BCUT2D eigenvalue weighted by Crippen LogP contribution is -2.51. The molecule has 1 N–H and O–H groups in total. The fourth-order valence-electron chi connectivity index (χ4n) is 2.78. The van der Waals surface area contributed by atoms with Crippen LogP contribution in [0.1, 0.15) is 47.5 Å². The summed E-state index contributed by atoms with van der Waals surface area (Å²) in [5.74, 6) is 0.201. The number of carbonyl (C=O) groups is 1. The zero-order chi connectivity index (χ0) is 13.7. The molecule has 18 heavy (non-hydrogen) atoms. The monoisotopic (exact) mass is 256 g/mol. The van der Waals surface area contributed by atoms with Crippen molar-refractivity contribution in [1.82, 2.24) is 10.2 Å². The van der Waals surface area contributed by atoms with Gasteiger partial charge >= 0.3 is 0 Å². The van der Waals surface area contributed by atoms with E-state index >= 15 is 0 Å². The van der Waals surface area contributed by atoms with Crippen LogP contribution < -0.4 is 5.32 Å². The van der Waals surface area contributed by atoms with Crippen molar-refractivity contribution in [2.24, 2.45) is 0 Å². The molecule has 4 heteroatoms. The highest BCUT2D eigenvalue weighted by Gasteiger charge is 2.27. The van der Waals surface area contributed by atoms with Gasteiger partial charge in [-0.25, -0.2) is 0 Å². The molecule has 1 amide bonds. The normalized spacial score (nSPS) is 29.9. The van der Waals surface area contributed by atoms with E-state index in [1.54, 1.807) is 0 Å². The summed E-state index contributed by atoms with van der Waals surface area (Å²) in [6, 6.07) is 0.283. The number of ether oxygens (including phenoxy) is 1. The zero-order valence-electron chi connectivity index (χ0n) is 12.4. The molecule has 106 valence electrons. The van der Waals surface area contributed by atoms with E-state index < -0.39 is 0 Å². The lowest BCUT2D eigenvalue weighted by Gasteiger charge is -2.35. The minimum atomic E-state index is -0.104. The van der Waals surface area contributed by atoms with E-state index in [0.29, 0.717) is 6.04 Å². The van der Waals surface area contributed by atoms with Crippen molar-refractivity contribution >= 4 is 5.91 Å². The van der Waals surface area contributed by atoms with Gasteiger partial charge in [-0.15, -0.1) is 0 Å². The van der Waals surface area contributed by atoms with Crippen LogP contribution >= 0.6 is 0 Å². The van der Waals surface area contributed by atoms with Crippen molar-refractivity contribution in [2.75, 3.05) is 13.1 Å². The molecular formula is C14H28N2O2. The summed E-state index contributed by atoms with van der Waals surface area (Å²) >= 11 is 0. The predicted molar refractivity (Wildman–Crippen MR) is 73.6 cm³/mol. The van der Waals surface area contributed by atoms with E-state index in [9.17, 15) is 4.79 Å². The van der Waals surface area contributed by atoms with Crippen LogP contribution in [-0.2, 0) is 9.53 Å². The number of hydrogen-bond acceptors (Lipinski definition) is 3. The van der Waals surface area contributed by atoms with Crippen molar-refractivity contribution in [3.8, 4) is 0 Å². The van der Waals surface area contributed by atoms with Crippen LogP contribution in [0, 0.1) is 0 Å². The standard InChI is InChI=1S/C14H28N2O2/c1-6-16(7-2)14(17)12(5)15-13-8-10(3)18-11(4)9-13/h10-13,15H,6-9H2,1-5H3. The van der Waals surface area contributed by atoms with Crippen LogP contribution in [0.5, 0.6) is 0 Å². The molecule has 0 bridgehead atoms. The third kappa shape index (κ3) is 4.25. The Morgan fingerprint density at radius 3 is 2.22 bits per heavy atom. The Bertz CT molecular complexity index is 257. The first-order valence-electron chi connectivity index (χ1n) is 7.18. The molecule has 0 saturated carbocycles. The van der Waals surface area contributed by atoms with Crippen molar-refractivity contribution < 1.29 is 9.53 Å². The van der Waals surface area contributed by atoms with Gasteiger partial charge in [-0.3, -0.25) is 4.79 Å². The topological polar surface area (TPSA) is 41.6 Å². The van der Waals surface area contributed by atoms with Crippen LogP contribution in [0.3, 0.4) is 0 Å². The zero-order valence-corrected chi connectivity index (χ0v) is 12.4. The highest BCUT2D eigenvalue weighted by atomic mass is 16.5. The van der Waals surface area contributed by atoms with E-state index in [-0.39, 0.29) is 24.2 Å². The Balaban J connectivity index is 2.48. The minimum Gasteiger partial charge on any atom is -0.375 e. The van der Waals surface area contributed by atoms with Crippen LogP contribution in [-0.4, -0.2) is 48.2 Å². The second kappa shape index (κ2) is 7.10. The molecule has 0 aliphatic carbocycles. The largest absolute Gasteiger partial charge is 0.375 e. The molecule has 1 rings (SSSR count). The Morgan fingerprint density at radius 1 is 1.28 bits per heavy atom. The molecule has 1 heterocycles. The summed E-state index contributed by atoms with van der Waals surface area (Å²) in [4.78, 5) is 14.1. The van der Waals surface area contributed by atoms with Crippen LogP contribution in [0.2, 0.25) is 0 Å². The molecule has 0 radical (unpaired) electrons. The lowest BCUT2D eigenvalue weighted by atomic mass is 9.99. The van der Waals surface area contributed by atoms with Gasteiger partial charge in [-0.1, -0.05) is 0 Å². The van der Waals surface area contributed by atoms with Crippen molar-refractivity contribution in [3.05, 3.63) is 0 Å². The predicted octanol–water partition coefficient (Wildman–Crippen LogP) is 1.79. The second-order valence-electron chi connectivity index (χ2n) is 5.32. The summed E-state index contributed by atoms with van der Waals surface area (Å²) in [5.41, 5.74) is 0. The van der Waals surface area contributed by atoms with Crippen LogP contribution in [0.25, 0.3) is 0 Å². The first kappa shape index (κ1) is 15.4. The van der Waals surface area contributed by atoms with Gasteiger partial charge < -0.3 is 15.0 Å². The Morgan fingerprint density at radius 2 is 1.78 bits per heavy atom. The molecule has 0 aromatic rings. The third-order valence-electron chi connectivity index (χ3n) is 3.63. The molecule has 1 aliphatic heterocycles. The van der Waals surface area contributed by atoms with Gasteiger partial charge in [0.05, 0.1) is 18.2 Å². The molecule has 3 atom stereocenters. The first-order valence-corrected chi connectivity index (χ1v) is 7.18. The number of likely N-dealkylation sites (N-methyl/N-ethyl adjacent to an activating group) is 1. The molecule has 1 aliphatic rings. The smallest absolute Gasteiger partial charge is 0.239 e. The van der Waals surface area contributed by atoms with E-state index in [4.69, 9.17) is 4.74 Å². The average molecular weight is 256 g/mol. The van der Waals surface area contributed by atoms with Gasteiger partial charge in [-0.2, -0.15) is 0 Å². The molecule has 0 spiro atoms. The summed E-state index contributed by atoms with van der Waals surface area (Å²) in [7, 11) is 0. The summed E-state index contributed by atoms with van der Waals surface area (Å²) in [6.45, 7) is 11.8. The fourth-order valence-corrected chi connectivity index (χ4v) is 2.78. The highest BCUT2D eigenvalue weighted by molar-refractivity contribution is 5.81. The van der Waals surface area contributed by atoms with Gasteiger partial charge in [0.25, 0.3) is 0 Å². The fraction of sp³-hybridized carbons (Fsp3) is 0.929. The Kier molecular flexibility index (Phi) is 6.09. The SMILES string of the molecule is CCN(CC)C(=O)C(C)NC1CC(C)OC(C)C1. The highest BCUT2D eigenvalue weighted by Crippen LogP contribution is 2.19. The van der Waals surface area contributed by atoms with Gasteiger partial charge in [0.2, 0.25) is 5.91 Å². The van der Waals surface area contributed by atoms with E-state index in [1.165, 1.54) is 0 Å². The van der Waals surface area contributed by atoms with Gasteiger partial charge in [0.15, 0.2) is 0 Å². The maximum absolute atomic E-state index is 12.2. The van der Waals surface area contributed by atoms with Crippen molar-refractivity contribution in [3.63, 3.8) is 0 Å². The lowest BCUT2D eigenvalue weighted by molar-refractivity contribution is -0.133. The summed E-state index contributed by atoms with van der Waals surface area (Å²) in [5, 5.41) is 3.46. The number of hydrogen-bond donors (Lipinski definition) is 1. The molecule has 0 aromatic heterocycles. The van der Waals surface area contributed by atoms with E-state index in [0.717, 1.165) is 25.9 Å². The number of amides is 1. The second-order valence-corrected chi connectivity index (χ2v) is 5.32. The van der Waals surface area contributed by atoms with Crippen molar-refractivity contribution in [1.29, 1.82) is 0 Å².